The van der Waals surface area contributed by atoms with Gasteiger partial charge in [0.1, 0.15) is 0 Å². The topological polar surface area (TPSA) is 49.4 Å². The summed E-state index contributed by atoms with van der Waals surface area (Å²) < 4.78 is 0. The fourth-order valence-electron chi connectivity index (χ4n) is 2.49. The van der Waals surface area contributed by atoms with Gasteiger partial charge in [-0.1, -0.05) is 44.2 Å². The molecule has 108 valence electrons. The minimum atomic E-state index is -0.204. The Balaban J connectivity index is 1.83. The van der Waals surface area contributed by atoms with Crippen LogP contribution in [0.4, 0.5) is 0 Å². The van der Waals surface area contributed by atoms with Gasteiger partial charge in [0.25, 0.3) is 0 Å². The third-order valence-electron chi connectivity index (χ3n) is 3.48. The van der Waals surface area contributed by atoms with Crippen LogP contribution < -0.4 is 5.32 Å². The van der Waals surface area contributed by atoms with E-state index in [4.69, 9.17) is 0 Å². The Labute approximate surface area is 120 Å². The minimum absolute atomic E-state index is 0.0199. The van der Waals surface area contributed by atoms with Crippen molar-refractivity contribution in [2.45, 2.75) is 26.8 Å². The summed E-state index contributed by atoms with van der Waals surface area (Å²) in [6.45, 7) is 5.97. The Kier molecular flexibility index (Phi) is 4.77. The van der Waals surface area contributed by atoms with Crippen molar-refractivity contribution >= 4 is 11.8 Å². The third kappa shape index (κ3) is 3.83. The van der Waals surface area contributed by atoms with Crippen LogP contribution in [-0.2, 0) is 16.1 Å². The number of benzene rings is 1. The summed E-state index contributed by atoms with van der Waals surface area (Å²) in [5.41, 5.74) is 1.07. The van der Waals surface area contributed by atoms with Gasteiger partial charge in [0.05, 0.1) is 5.92 Å². The summed E-state index contributed by atoms with van der Waals surface area (Å²) in [5.74, 6) is 0.307. The van der Waals surface area contributed by atoms with E-state index in [1.165, 1.54) is 0 Å². The maximum Gasteiger partial charge on any atom is 0.225 e. The first-order valence-electron chi connectivity index (χ1n) is 7.15. The van der Waals surface area contributed by atoms with Crippen molar-refractivity contribution in [3.8, 4) is 0 Å². The van der Waals surface area contributed by atoms with Crippen molar-refractivity contribution in [2.75, 3.05) is 13.1 Å². The largest absolute Gasteiger partial charge is 0.352 e. The molecule has 0 aliphatic carbocycles. The summed E-state index contributed by atoms with van der Waals surface area (Å²) in [6.07, 6.45) is 0.341. The molecule has 1 fully saturated rings. The van der Waals surface area contributed by atoms with Gasteiger partial charge < -0.3 is 10.2 Å². The van der Waals surface area contributed by atoms with Crippen LogP contribution in [0.2, 0.25) is 0 Å². The fraction of sp³-hybridized carbons (Fsp3) is 0.500. The van der Waals surface area contributed by atoms with E-state index in [0.717, 1.165) is 12.1 Å². The molecule has 1 atom stereocenters. The molecule has 0 bridgehead atoms. The highest BCUT2D eigenvalue weighted by atomic mass is 16.2. The molecule has 20 heavy (non-hydrogen) atoms. The number of rotatable bonds is 5. The molecule has 4 nitrogen and oxygen atoms in total. The second kappa shape index (κ2) is 6.55. The van der Waals surface area contributed by atoms with Gasteiger partial charge in [0, 0.05) is 26.1 Å². The zero-order chi connectivity index (χ0) is 14.5. The number of likely N-dealkylation sites (tertiary alicyclic amines) is 1. The van der Waals surface area contributed by atoms with Gasteiger partial charge in [-0.25, -0.2) is 0 Å². The first kappa shape index (κ1) is 14.6. The Morgan fingerprint density at radius 3 is 2.70 bits per heavy atom. The number of hydrogen-bond acceptors (Lipinski definition) is 2. The number of nitrogens with one attached hydrogen (secondary N) is 1. The third-order valence-corrected chi connectivity index (χ3v) is 3.48. The van der Waals surface area contributed by atoms with E-state index in [0.29, 0.717) is 25.4 Å². The van der Waals surface area contributed by atoms with E-state index in [1.807, 2.05) is 30.3 Å². The van der Waals surface area contributed by atoms with Crippen molar-refractivity contribution in [3.05, 3.63) is 35.9 Å². The van der Waals surface area contributed by atoms with Gasteiger partial charge in [-0.15, -0.1) is 0 Å². The Hall–Kier alpha value is -1.84. The molecule has 0 radical (unpaired) electrons. The van der Waals surface area contributed by atoms with E-state index in [9.17, 15) is 9.59 Å². The smallest absolute Gasteiger partial charge is 0.225 e. The van der Waals surface area contributed by atoms with E-state index < -0.39 is 0 Å². The second-order valence-electron chi connectivity index (χ2n) is 5.80. The first-order chi connectivity index (χ1) is 9.56. The number of hydrogen-bond donors (Lipinski definition) is 1. The zero-order valence-electron chi connectivity index (χ0n) is 12.1. The number of carbonyl (C=O) groups excluding carboxylic acids is 2. The standard InChI is InChI=1S/C16H22N2O2/c1-12(2)10-18-11-14(8-15(18)19)16(20)17-9-13-6-4-3-5-7-13/h3-7,12,14H,8-11H2,1-2H3,(H,17,20). The highest BCUT2D eigenvalue weighted by molar-refractivity contribution is 5.89. The molecule has 0 aromatic heterocycles. The van der Waals surface area contributed by atoms with Gasteiger partial charge in [-0.2, -0.15) is 0 Å². The van der Waals surface area contributed by atoms with Crippen LogP contribution in [0.3, 0.4) is 0 Å². The summed E-state index contributed by atoms with van der Waals surface area (Å²) in [7, 11) is 0. The van der Waals surface area contributed by atoms with E-state index in [2.05, 4.69) is 19.2 Å². The van der Waals surface area contributed by atoms with Crippen molar-refractivity contribution in [3.63, 3.8) is 0 Å². The average Bonchev–Trinajstić information content (AvgIpc) is 2.78. The van der Waals surface area contributed by atoms with Crippen LogP contribution >= 0.6 is 0 Å². The lowest BCUT2D eigenvalue weighted by Gasteiger charge is -2.18. The van der Waals surface area contributed by atoms with E-state index in [-0.39, 0.29) is 17.7 Å². The van der Waals surface area contributed by atoms with Gasteiger partial charge in [0.15, 0.2) is 0 Å². The Bertz CT molecular complexity index is 471. The molecule has 1 aliphatic rings. The predicted octanol–water partition coefficient (Wildman–Crippen LogP) is 1.81. The molecule has 1 saturated heterocycles. The number of amides is 2. The molecule has 2 rings (SSSR count). The normalized spacial score (nSPS) is 18.6. The lowest BCUT2D eigenvalue weighted by atomic mass is 10.1. The molecule has 1 N–H and O–H groups in total. The maximum absolute atomic E-state index is 12.1. The van der Waals surface area contributed by atoms with Gasteiger partial charge >= 0.3 is 0 Å². The summed E-state index contributed by atoms with van der Waals surface area (Å²) in [4.78, 5) is 25.8. The molecule has 1 aromatic rings. The lowest BCUT2D eigenvalue weighted by molar-refractivity contribution is -0.129. The summed E-state index contributed by atoms with van der Waals surface area (Å²) in [6, 6.07) is 9.80. The van der Waals surface area contributed by atoms with E-state index in [1.54, 1.807) is 4.90 Å². The van der Waals surface area contributed by atoms with Gasteiger partial charge in [-0.3, -0.25) is 9.59 Å². The molecular formula is C16H22N2O2. The quantitative estimate of drug-likeness (QED) is 0.890. The fourth-order valence-corrected chi connectivity index (χ4v) is 2.49. The van der Waals surface area contributed by atoms with Crippen molar-refractivity contribution in [1.29, 1.82) is 0 Å². The molecule has 1 aliphatic heterocycles. The minimum Gasteiger partial charge on any atom is -0.352 e. The maximum atomic E-state index is 12.1. The first-order valence-corrected chi connectivity index (χ1v) is 7.15. The zero-order valence-corrected chi connectivity index (χ0v) is 12.1. The molecule has 0 spiro atoms. The Morgan fingerprint density at radius 1 is 1.35 bits per heavy atom. The summed E-state index contributed by atoms with van der Waals surface area (Å²) in [5, 5.41) is 2.92. The van der Waals surface area contributed by atoms with Crippen molar-refractivity contribution < 1.29 is 9.59 Å². The molecule has 1 aromatic carbocycles. The predicted molar refractivity (Wildman–Crippen MR) is 77.8 cm³/mol. The van der Waals surface area contributed by atoms with Crippen molar-refractivity contribution in [2.24, 2.45) is 11.8 Å². The number of nitrogens with zero attached hydrogens (tertiary/aromatic N) is 1. The SMILES string of the molecule is CC(C)CN1CC(C(=O)NCc2ccccc2)CC1=O. The number of carbonyl (C=O) groups is 2. The molecule has 0 saturated carbocycles. The van der Waals surface area contributed by atoms with Gasteiger partial charge in [0.2, 0.25) is 11.8 Å². The highest BCUT2D eigenvalue weighted by Gasteiger charge is 2.34. The second-order valence-corrected chi connectivity index (χ2v) is 5.80. The van der Waals surface area contributed by atoms with Crippen LogP contribution in [0, 0.1) is 11.8 Å². The average molecular weight is 274 g/mol. The van der Waals surface area contributed by atoms with Crippen LogP contribution in [0.25, 0.3) is 0 Å². The monoisotopic (exact) mass is 274 g/mol. The molecule has 4 heteroatoms. The van der Waals surface area contributed by atoms with Crippen LogP contribution in [-0.4, -0.2) is 29.8 Å². The van der Waals surface area contributed by atoms with Crippen LogP contribution in [0.5, 0.6) is 0 Å². The lowest BCUT2D eigenvalue weighted by Crippen LogP contribution is -2.33. The Morgan fingerprint density at radius 2 is 2.05 bits per heavy atom. The van der Waals surface area contributed by atoms with Crippen LogP contribution in [0.15, 0.2) is 30.3 Å². The van der Waals surface area contributed by atoms with Crippen LogP contribution in [0.1, 0.15) is 25.8 Å². The highest BCUT2D eigenvalue weighted by Crippen LogP contribution is 2.19. The molecular weight excluding hydrogens is 252 g/mol. The molecule has 1 heterocycles. The van der Waals surface area contributed by atoms with Crippen molar-refractivity contribution in [1.82, 2.24) is 10.2 Å². The van der Waals surface area contributed by atoms with Gasteiger partial charge in [-0.05, 0) is 11.5 Å². The summed E-state index contributed by atoms with van der Waals surface area (Å²) >= 11 is 0. The molecule has 1 unspecified atom stereocenters. The van der Waals surface area contributed by atoms with E-state index >= 15 is 0 Å². The molecule has 2 amide bonds.